The molecule has 1 aromatic carbocycles. The molecular weight excluding hydrogens is 356 g/mol. The molecule has 0 aromatic heterocycles. The van der Waals surface area contributed by atoms with E-state index in [4.69, 9.17) is 0 Å². The topological polar surface area (TPSA) is 90.0 Å². The Hall–Kier alpha value is -1.97. The van der Waals surface area contributed by atoms with Crippen molar-refractivity contribution in [3.8, 4) is 0 Å². The number of nitrogens with one attached hydrogen (secondary N) is 1. The summed E-state index contributed by atoms with van der Waals surface area (Å²) in [6.07, 6.45) is 1.81. The number of carbonyl (C=O) groups is 2. The van der Waals surface area contributed by atoms with E-state index in [9.17, 15) is 18.0 Å². The van der Waals surface area contributed by atoms with Gasteiger partial charge in [0.1, 0.15) is 0 Å². The molecule has 9 heteroatoms. The van der Waals surface area contributed by atoms with Gasteiger partial charge in [-0.3, -0.25) is 4.79 Å². The maximum absolute atomic E-state index is 12.6. The van der Waals surface area contributed by atoms with Gasteiger partial charge in [-0.2, -0.15) is 17.0 Å². The van der Waals surface area contributed by atoms with Gasteiger partial charge in [-0.05, 0) is 31.9 Å². The van der Waals surface area contributed by atoms with Crippen molar-refractivity contribution < 1.29 is 18.0 Å². The number of piperazine rings is 1. The van der Waals surface area contributed by atoms with Gasteiger partial charge in [-0.1, -0.05) is 12.1 Å². The first-order valence-corrected chi connectivity index (χ1v) is 10.2. The molecular formula is C17H24N4O4S. The van der Waals surface area contributed by atoms with E-state index in [1.807, 2.05) is 0 Å². The van der Waals surface area contributed by atoms with Crippen molar-refractivity contribution in [3.05, 3.63) is 29.8 Å². The van der Waals surface area contributed by atoms with Crippen LogP contribution in [0.2, 0.25) is 0 Å². The van der Waals surface area contributed by atoms with Crippen LogP contribution in [0.3, 0.4) is 0 Å². The lowest BCUT2D eigenvalue weighted by atomic mass is 10.1. The third-order valence-electron chi connectivity index (χ3n) is 4.76. The van der Waals surface area contributed by atoms with Crippen LogP contribution in [0.4, 0.5) is 10.5 Å². The van der Waals surface area contributed by atoms with Crippen molar-refractivity contribution in [2.24, 2.45) is 0 Å². The van der Waals surface area contributed by atoms with Crippen LogP contribution in [0.25, 0.3) is 0 Å². The Morgan fingerprint density at radius 3 is 2.19 bits per heavy atom. The number of ketones is 1. The van der Waals surface area contributed by atoms with Gasteiger partial charge in [0, 0.05) is 50.5 Å². The van der Waals surface area contributed by atoms with Crippen LogP contribution in [0, 0.1) is 0 Å². The zero-order valence-electron chi connectivity index (χ0n) is 14.8. The highest BCUT2D eigenvalue weighted by atomic mass is 32.2. The first-order valence-electron chi connectivity index (χ1n) is 8.80. The van der Waals surface area contributed by atoms with Gasteiger partial charge in [-0.25, -0.2) is 4.79 Å². The Morgan fingerprint density at radius 1 is 0.962 bits per heavy atom. The minimum Gasteiger partial charge on any atom is -0.322 e. The van der Waals surface area contributed by atoms with Crippen molar-refractivity contribution in [2.45, 2.75) is 19.8 Å². The molecule has 2 saturated heterocycles. The normalized spacial score (nSPS) is 19.5. The van der Waals surface area contributed by atoms with E-state index in [0.29, 0.717) is 50.5 Å². The van der Waals surface area contributed by atoms with Crippen molar-refractivity contribution in [3.63, 3.8) is 0 Å². The number of hydrogen-bond donors (Lipinski definition) is 1. The molecule has 0 bridgehead atoms. The molecule has 0 radical (unpaired) electrons. The first-order chi connectivity index (χ1) is 12.4. The van der Waals surface area contributed by atoms with E-state index in [0.717, 1.165) is 12.8 Å². The summed E-state index contributed by atoms with van der Waals surface area (Å²) in [5, 5.41) is 2.77. The van der Waals surface area contributed by atoms with Crippen molar-refractivity contribution in [1.29, 1.82) is 0 Å². The predicted molar refractivity (Wildman–Crippen MR) is 98.3 cm³/mol. The van der Waals surface area contributed by atoms with E-state index >= 15 is 0 Å². The van der Waals surface area contributed by atoms with Gasteiger partial charge < -0.3 is 10.2 Å². The molecule has 0 unspecified atom stereocenters. The number of nitrogens with zero attached hydrogens (tertiary/aromatic N) is 3. The molecule has 8 nitrogen and oxygen atoms in total. The summed E-state index contributed by atoms with van der Waals surface area (Å²) in [4.78, 5) is 25.4. The molecule has 26 heavy (non-hydrogen) atoms. The number of Topliss-reactive ketones (excluding diaryl/α,β-unsaturated/α-hetero) is 1. The second-order valence-corrected chi connectivity index (χ2v) is 8.50. The monoisotopic (exact) mass is 380 g/mol. The summed E-state index contributed by atoms with van der Waals surface area (Å²) in [5.41, 5.74) is 1.08. The average Bonchev–Trinajstić information content (AvgIpc) is 3.17. The number of rotatable bonds is 4. The van der Waals surface area contributed by atoms with Crippen LogP contribution in [-0.2, 0) is 10.2 Å². The maximum Gasteiger partial charge on any atom is 0.321 e. The molecule has 0 spiro atoms. The Bertz CT molecular complexity index is 782. The summed E-state index contributed by atoms with van der Waals surface area (Å²) < 4.78 is 28.1. The summed E-state index contributed by atoms with van der Waals surface area (Å²) in [5.74, 6) is -0.0677. The lowest BCUT2D eigenvalue weighted by Gasteiger charge is -2.35. The van der Waals surface area contributed by atoms with E-state index in [1.165, 1.54) is 15.5 Å². The van der Waals surface area contributed by atoms with Gasteiger partial charge in [0.05, 0.1) is 0 Å². The van der Waals surface area contributed by atoms with E-state index in [-0.39, 0.29) is 11.8 Å². The zero-order valence-corrected chi connectivity index (χ0v) is 15.7. The lowest BCUT2D eigenvalue weighted by Crippen LogP contribution is -2.54. The van der Waals surface area contributed by atoms with Crippen molar-refractivity contribution >= 4 is 27.7 Å². The Labute approximate surface area is 153 Å². The molecule has 2 heterocycles. The van der Waals surface area contributed by atoms with Crippen LogP contribution in [-0.4, -0.2) is 73.0 Å². The van der Waals surface area contributed by atoms with Crippen LogP contribution in [0.15, 0.2) is 24.3 Å². The smallest absolute Gasteiger partial charge is 0.321 e. The van der Waals surface area contributed by atoms with Crippen molar-refractivity contribution in [2.75, 3.05) is 44.6 Å². The Morgan fingerprint density at radius 2 is 1.58 bits per heavy atom. The lowest BCUT2D eigenvalue weighted by molar-refractivity contribution is 0.101. The SMILES string of the molecule is CC(=O)c1cccc(NC(=O)N2CCN(S(=O)(=O)N3CCCC3)CC2)c1. The summed E-state index contributed by atoms with van der Waals surface area (Å²) in [6, 6.07) is 6.48. The second-order valence-electron chi connectivity index (χ2n) is 6.57. The number of anilines is 1. The summed E-state index contributed by atoms with van der Waals surface area (Å²) >= 11 is 0. The fourth-order valence-electron chi connectivity index (χ4n) is 3.22. The van der Waals surface area contributed by atoms with E-state index in [2.05, 4.69) is 5.32 Å². The first kappa shape index (κ1) is 18.8. The highest BCUT2D eigenvalue weighted by Gasteiger charge is 2.34. The van der Waals surface area contributed by atoms with Gasteiger partial charge in [0.15, 0.2) is 5.78 Å². The molecule has 2 amide bonds. The molecule has 0 saturated carbocycles. The highest BCUT2D eigenvalue weighted by molar-refractivity contribution is 7.86. The van der Waals surface area contributed by atoms with Gasteiger partial charge in [0.2, 0.25) is 0 Å². The fourth-order valence-corrected chi connectivity index (χ4v) is 4.89. The fraction of sp³-hybridized carbons (Fsp3) is 0.529. The van der Waals surface area contributed by atoms with Crippen LogP contribution in [0.1, 0.15) is 30.1 Å². The highest BCUT2D eigenvalue weighted by Crippen LogP contribution is 2.19. The number of carbonyl (C=O) groups excluding carboxylic acids is 2. The molecule has 142 valence electrons. The van der Waals surface area contributed by atoms with Crippen LogP contribution in [0.5, 0.6) is 0 Å². The Balaban J connectivity index is 1.57. The summed E-state index contributed by atoms with van der Waals surface area (Å²) in [6.45, 7) is 3.89. The van der Waals surface area contributed by atoms with E-state index in [1.54, 1.807) is 29.2 Å². The van der Waals surface area contributed by atoms with Crippen LogP contribution < -0.4 is 5.32 Å². The predicted octanol–water partition coefficient (Wildman–Crippen LogP) is 1.38. The number of urea groups is 1. The standard InChI is InChI=1S/C17H24N4O4S/c1-14(22)15-5-4-6-16(13-15)18-17(23)19-9-11-21(12-10-19)26(24,25)20-7-2-3-8-20/h4-6,13H,2-3,7-12H2,1H3,(H,18,23). The number of benzene rings is 1. The quantitative estimate of drug-likeness (QED) is 0.799. The molecule has 1 aromatic rings. The van der Waals surface area contributed by atoms with Gasteiger partial charge >= 0.3 is 6.03 Å². The maximum atomic E-state index is 12.6. The molecule has 2 fully saturated rings. The molecule has 1 N–H and O–H groups in total. The molecule has 2 aliphatic rings. The largest absolute Gasteiger partial charge is 0.322 e. The van der Waals surface area contributed by atoms with Crippen molar-refractivity contribution in [1.82, 2.24) is 13.5 Å². The number of amides is 2. The third kappa shape index (κ3) is 4.05. The third-order valence-corrected chi connectivity index (χ3v) is 6.80. The second kappa shape index (κ2) is 7.73. The van der Waals surface area contributed by atoms with E-state index < -0.39 is 10.2 Å². The number of hydrogen-bond acceptors (Lipinski definition) is 4. The minimum atomic E-state index is -3.41. The molecule has 3 rings (SSSR count). The minimum absolute atomic E-state index is 0.0677. The zero-order chi connectivity index (χ0) is 18.7. The Kier molecular flexibility index (Phi) is 5.59. The van der Waals surface area contributed by atoms with Gasteiger partial charge in [-0.15, -0.1) is 0 Å². The van der Waals surface area contributed by atoms with Crippen LogP contribution >= 0.6 is 0 Å². The van der Waals surface area contributed by atoms with Gasteiger partial charge in [0.25, 0.3) is 10.2 Å². The average molecular weight is 380 g/mol. The molecule has 0 aliphatic carbocycles. The molecule has 2 aliphatic heterocycles. The molecule has 0 atom stereocenters. The summed E-state index contributed by atoms with van der Waals surface area (Å²) in [7, 11) is -3.41.